The number of likely N-dealkylation sites (tertiary alicyclic amines) is 1. The first-order chi connectivity index (χ1) is 12.8. The van der Waals surface area contributed by atoms with Gasteiger partial charge in [-0.15, -0.1) is 24.0 Å². The minimum absolute atomic E-state index is 0. The van der Waals surface area contributed by atoms with Crippen LogP contribution in [-0.2, 0) is 11.3 Å². The van der Waals surface area contributed by atoms with Crippen LogP contribution in [-0.4, -0.2) is 67.5 Å². The number of halogens is 2. The second-order valence-electron chi connectivity index (χ2n) is 7.71. The average Bonchev–Trinajstić information content (AvgIpc) is 2.99. The van der Waals surface area contributed by atoms with Crippen LogP contribution in [0, 0.1) is 5.92 Å². The van der Waals surface area contributed by atoms with Gasteiger partial charge in [0.1, 0.15) is 0 Å². The van der Waals surface area contributed by atoms with Crippen LogP contribution in [0.1, 0.15) is 26.3 Å². The van der Waals surface area contributed by atoms with E-state index in [1.165, 1.54) is 0 Å². The van der Waals surface area contributed by atoms with Crippen molar-refractivity contribution in [1.82, 2.24) is 20.4 Å². The van der Waals surface area contributed by atoms with Crippen molar-refractivity contribution in [2.45, 2.75) is 39.4 Å². The lowest BCUT2D eigenvalue weighted by molar-refractivity contribution is -0.127. The number of nitrogens with one attached hydrogen (secondary N) is 2. The van der Waals surface area contributed by atoms with Crippen molar-refractivity contribution in [2.24, 2.45) is 10.9 Å². The van der Waals surface area contributed by atoms with Crippen LogP contribution in [0.2, 0.25) is 0 Å². The number of benzene rings is 1. The summed E-state index contributed by atoms with van der Waals surface area (Å²) in [6, 6.07) is 8.98. The van der Waals surface area contributed by atoms with E-state index in [0.717, 1.165) is 23.1 Å². The summed E-state index contributed by atoms with van der Waals surface area (Å²) in [5.74, 6) is 1.24. The Balaban J connectivity index is 0.00000392. The number of amides is 1. The minimum atomic E-state index is 0. The summed E-state index contributed by atoms with van der Waals surface area (Å²) in [5, 5.41) is 6.74. The Labute approximate surface area is 194 Å². The molecule has 1 heterocycles. The molecule has 1 amide bonds. The Kier molecular flexibility index (Phi) is 10.8. The summed E-state index contributed by atoms with van der Waals surface area (Å²) in [7, 11) is 3.52. The summed E-state index contributed by atoms with van der Waals surface area (Å²) < 4.78 is 1.05. The standard InChI is InChI=1S/C20H32BrN5O.HI/c1-14(2)26-12-15(3)18(13-26)24-20(23-11-19(27)25(4)5)22-10-16-6-8-17(21)9-7-16;/h6-9,14-15,18H,10-13H2,1-5H3,(H2,22,23,24);1H. The van der Waals surface area contributed by atoms with Crippen molar-refractivity contribution >= 4 is 51.8 Å². The number of hydrogen-bond acceptors (Lipinski definition) is 3. The molecule has 0 saturated carbocycles. The molecule has 0 aliphatic carbocycles. The highest BCUT2D eigenvalue weighted by molar-refractivity contribution is 14.0. The summed E-state index contributed by atoms with van der Waals surface area (Å²) in [5.41, 5.74) is 1.13. The van der Waals surface area contributed by atoms with E-state index >= 15 is 0 Å². The van der Waals surface area contributed by atoms with Gasteiger partial charge in [-0.3, -0.25) is 9.69 Å². The van der Waals surface area contributed by atoms with Crippen LogP contribution in [0.15, 0.2) is 33.7 Å². The van der Waals surface area contributed by atoms with Crippen molar-refractivity contribution in [2.75, 3.05) is 33.7 Å². The van der Waals surface area contributed by atoms with Gasteiger partial charge in [-0.1, -0.05) is 35.0 Å². The summed E-state index contributed by atoms with van der Waals surface area (Å²) >= 11 is 3.45. The van der Waals surface area contributed by atoms with E-state index in [4.69, 9.17) is 4.99 Å². The lowest BCUT2D eigenvalue weighted by atomic mass is 10.1. The van der Waals surface area contributed by atoms with Crippen molar-refractivity contribution in [3.63, 3.8) is 0 Å². The second kappa shape index (κ2) is 12.0. The highest BCUT2D eigenvalue weighted by Crippen LogP contribution is 2.18. The summed E-state index contributed by atoms with van der Waals surface area (Å²) in [6.07, 6.45) is 0. The molecule has 0 bridgehead atoms. The first kappa shape index (κ1) is 25.2. The second-order valence-corrected chi connectivity index (χ2v) is 8.62. The molecule has 2 unspecified atom stereocenters. The molecule has 2 atom stereocenters. The van der Waals surface area contributed by atoms with Crippen molar-refractivity contribution < 1.29 is 4.79 Å². The fraction of sp³-hybridized carbons (Fsp3) is 0.600. The maximum Gasteiger partial charge on any atom is 0.241 e. The lowest BCUT2D eigenvalue weighted by Crippen LogP contribution is -2.49. The quantitative estimate of drug-likeness (QED) is 0.316. The monoisotopic (exact) mass is 565 g/mol. The van der Waals surface area contributed by atoms with Crippen LogP contribution in [0.4, 0.5) is 0 Å². The number of guanidine groups is 1. The molecule has 2 N–H and O–H groups in total. The molecule has 1 aromatic carbocycles. The van der Waals surface area contributed by atoms with E-state index in [1.807, 2.05) is 12.1 Å². The van der Waals surface area contributed by atoms with Crippen molar-refractivity contribution in [3.8, 4) is 0 Å². The van der Waals surface area contributed by atoms with E-state index in [9.17, 15) is 4.79 Å². The van der Waals surface area contributed by atoms with E-state index < -0.39 is 0 Å². The minimum Gasteiger partial charge on any atom is -0.352 e. The lowest BCUT2D eigenvalue weighted by Gasteiger charge is -2.22. The molecule has 1 aromatic rings. The first-order valence-electron chi connectivity index (χ1n) is 9.49. The predicted molar refractivity (Wildman–Crippen MR) is 130 cm³/mol. The van der Waals surface area contributed by atoms with Gasteiger partial charge in [0, 0.05) is 43.7 Å². The number of nitrogens with zero attached hydrogens (tertiary/aromatic N) is 3. The van der Waals surface area contributed by atoms with Gasteiger partial charge in [-0.2, -0.15) is 0 Å². The zero-order valence-electron chi connectivity index (χ0n) is 17.4. The zero-order valence-corrected chi connectivity index (χ0v) is 21.3. The Morgan fingerprint density at radius 2 is 1.93 bits per heavy atom. The van der Waals surface area contributed by atoms with Crippen molar-refractivity contribution in [1.29, 1.82) is 0 Å². The number of carbonyl (C=O) groups excluding carboxylic acids is 1. The van der Waals surface area contributed by atoms with Crippen LogP contribution >= 0.6 is 39.9 Å². The average molecular weight is 566 g/mol. The SMILES string of the molecule is CC1CN(C(C)C)CC1NC(=NCc1ccc(Br)cc1)NCC(=O)N(C)C.I. The van der Waals surface area contributed by atoms with E-state index in [-0.39, 0.29) is 36.4 Å². The van der Waals surface area contributed by atoms with Crippen molar-refractivity contribution in [3.05, 3.63) is 34.3 Å². The molecule has 1 fully saturated rings. The van der Waals surface area contributed by atoms with Gasteiger partial charge in [-0.05, 0) is 37.5 Å². The number of likely N-dealkylation sites (N-methyl/N-ethyl adjacent to an activating group) is 1. The molecule has 158 valence electrons. The maximum absolute atomic E-state index is 12.0. The molecular formula is C20H33BrIN5O. The molecule has 2 rings (SSSR count). The third-order valence-corrected chi connectivity index (χ3v) is 5.46. The topological polar surface area (TPSA) is 60.0 Å². The van der Waals surface area contributed by atoms with Gasteiger partial charge in [0.2, 0.25) is 5.91 Å². The fourth-order valence-corrected chi connectivity index (χ4v) is 3.28. The van der Waals surface area contributed by atoms with Crippen LogP contribution in [0.3, 0.4) is 0 Å². The Bertz CT molecular complexity index is 651. The Hall–Kier alpha value is -0.870. The molecule has 8 heteroatoms. The van der Waals surface area contributed by atoms with Gasteiger partial charge >= 0.3 is 0 Å². The van der Waals surface area contributed by atoms with Crippen LogP contribution in [0.5, 0.6) is 0 Å². The number of hydrogen-bond donors (Lipinski definition) is 2. The number of carbonyl (C=O) groups is 1. The molecular weight excluding hydrogens is 533 g/mol. The van der Waals surface area contributed by atoms with Gasteiger partial charge < -0.3 is 15.5 Å². The van der Waals surface area contributed by atoms with Gasteiger partial charge in [0.15, 0.2) is 5.96 Å². The summed E-state index contributed by atoms with van der Waals surface area (Å²) in [6.45, 7) is 9.57. The van der Waals surface area contributed by atoms with Gasteiger partial charge in [-0.25, -0.2) is 4.99 Å². The predicted octanol–water partition coefficient (Wildman–Crippen LogP) is 2.92. The third kappa shape index (κ3) is 7.87. The third-order valence-electron chi connectivity index (χ3n) is 4.93. The number of rotatable bonds is 6. The van der Waals surface area contributed by atoms with E-state index in [2.05, 4.69) is 64.4 Å². The van der Waals surface area contributed by atoms with Crippen LogP contribution in [0.25, 0.3) is 0 Å². The van der Waals surface area contributed by atoms with Crippen LogP contribution < -0.4 is 10.6 Å². The molecule has 0 aromatic heterocycles. The molecule has 1 aliphatic heterocycles. The normalized spacial score (nSPS) is 20.0. The Morgan fingerprint density at radius 3 is 2.46 bits per heavy atom. The molecule has 28 heavy (non-hydrogen) atoms. The largest absolute Gasteiger partial charge is 0.352 e. The molecule has 0 radical (unpaired) electrons. The molecule has 0 spiro atoms. The highest BCUT2D eigenvalue weighted by atomic mass is 127. The first-order valence-corrected chi connectivity index (χ1v) is 10.3. The highest BCUT2D eigenvalue weighted by Gasteiger charge is 2.31. The number of aliphatic imine (C=N–C) groups is 1. The molecule has 1 aliphatic rings. The fourth-order valence-electron chi connectivity index (χ4n) is 3.02. The van der Waals surface area contributed by atoms with Gasteiger partial charge in [0.25, 0.3) is 0 Å². The maximum atomic E-state index is 12.0. The van der Waals surface area contributed by atoms with E-state index in [1.54, 1.807) is 19.0 Å². The van der Waals surface area contributed by atoms with Gasteiger partial charge in [0.05, 0.1) is 13.1 Å². The summed E-state index contributed by atoms with van der Waals surface area (Å²) in [4.78, 5) is 20.7. The molecule has 6 nitrogen and oxygen atoms in total. The Morgan fingerprint density at radius 1 is 1.29 bits per heavy atom. The van der Waals surface area contributed by atoms with E-state index in [0.29, 0.717) is 30.5 Å². The zero-order chi connectivity index (χ0) is 20.0. The smallest absolute Gasteiger partial charge is 0.241 e. The molecule has 1 saturated heterocycles.